The summed E-state index contributed by atoms with van der Waals surface area (Å²) in [6.45, 7) is 3.60. The van der Waals surface area contributed by atoms with Gasteiger partial charge in [0.15, 0.2) is 0 Å². The monoisotopic (exact) mass is 314 g/mol. The minimum absolute atomic E-state index is 0. The number of amides is 1. The van der Waals surface area contributed by atoms with Gasteiger partial charge in [0.1, 0.15) is 5.82 Å². The summed E-state index contributed by atoms with van der Waals surface area (Å²) in [7, 11) is 0. The number of halogens is 2. The van der Waals surface area contributed by atoms with Gasteiger partial charge < -0.3 is 10.6 Å². The molecule has 1 aromatic carbocycles. The van der Waals surface area contributed by atoms with Gasteiger partial charge in [-0.05, 0) is 42.9 Å². The van der Waals surface area contributed by atoms with Crippen molar-refractivity contribution in [2.45, 2.75) is 38.6 Å². The van der Waals surface area contributed by atoms with Crippen LogP contribution in [0.5, 0.6) is 0 Å². The highest BCUT2D eigenvalue weighted by Crippen LogP contribution is 2.21. The minimum Gasteiger partial charge on any atom is -0.341 e. The van der Waals surface area contributed by atoms with E-state index in [4.69, 9.17) is 5.73 Å². The maximum atomic E-state index is 12.9. The zero-order valence-corrected chi connectivity index (χ0v) is 13.2. The van der Waals surface area contributed by atoms with Crippen LogP contribution in [-0.2, 0) is 11.2 Å². The van der Waals surface area contributed by atoms with Crippen LogP contribution < -0.4 is 5.73 Å². The molecule has 2 N–H and O–H groups in total. The second-order valence-corrected chi connectivity index (χ2v) is 5.66. The van der Waals surface area contributed by atoms with Gasteiger partial charge in [-0.2, -0.15) is 0 Å². The summed E-state index contributed by atoms with van der Waals surface area (Å²) in [6, 6.07) is 6.27. The third kappa shape index (κ3) is 4.97. The minimum atomic E-state index is -0.357. The van der Waals surface area contributed by atoms with Gasteiger partial charge in [-0.1, -0.05) is 25.5 Å². The number of nitrogens with two attached hydrogens (primary N) is 1. The molecule has 2 unspecified atom stereocenters. The first-order chi connectivity index (χ1) is 9.60. The van der Waals surface area contributed by atoms with E-state index in [1.165, 1.54) is 12.1 Å². The zero-order valence-electron chi connectivity index (χ0n) is 12.4. The van der Waals surface area contributed by atoms with Crippen molar-refractivity contribution in [1.29, 1.82) is 0 Å². The standard InChI is InChI=1S/C16H23FN2O.ClH/c1-2-3-15(18)16(20)19-9-8-13(11-19)10-12-4-6-14(17)7-5-12;/h4-7,13,15H,2-3,8-11,18H2,1H3;1H. The third-order valence-electron chi connectivity index (χ3n) is 3.95. The van der Waals surface area contributed by atoms with E-state index in [0.717, 1.165) is 44.3 Å². The smallest absolute Gasteiger partial charge is 0.239 e. The Bertz CT molecular complexity index is 452. The average molecular weight is 315 g/mol. The lowest BCUT2D eigenvalue weighted by atomic mass is 9.99. The van der Waals surface area contributed by atoms with E-state index in [2.05, 4.69) is 0 Å². The van der Waals surface area contributed by atoms with Gasteiger partial charge in [-0.25, -0.2) is 4.39 Å². The first-order valence-corrected chi connectivity index (χ1v) is 7.39. The lowest BCUT2D eigenvalue weighted by Gasteiger charge is -2.20. The first-order valence-electron chi connectivity index (χ1n) is 7.39. The van der Waals surface area contributed by atoms with Gasteiger partial charge in [0, 0.05) is 13.1 Å². The molecule has 0 bridgehead atoms. The van der Waals surface area contributed by atoms with Crippen molar-refractivity contribution >= 4 is 18.3 Å². The molecule has 2 atom stereocenters. The molecule has 0 radical (unpaired) electrons. The van der Waals surface area contributed by atoms with Gasteiger partial charge in [0.25, 0.3) is 0 Å². The fourth-order valence-electron chi connectivity index (χ4n) is 2.82. The molecule has 0 aliphatic carbocycles. The van der Waals surface area contributed by atoms with E-state index in [1.807, 2.05) is 24.0 Å². The molecule has 1 heterocycles. The van der Waals surface area contributed by atoms with Crippen LogP contribution in [0, 0.1) is 11.7 Å². The summed E-state index contributed by atoms with van der Waals surface area (Å²) in [5.74, 6) is 0.328. The van der Waals surface area contributed by atoms with E-state index in [1.54, 1.807) is 0 Å². The molecule has 1 amide bonds. The van der Waals surface area contributed by atoms with Crippen LogP contribution in [0.4, 0.5) is 4.39 Å². The highest BCUT2D eigenvalue weighted by Gasteiger charge is 2.28. The molecule has 1 fully saturated rings. The number of benzene rings is 1. The fraction of sp³-hybridized carbons (Fsp3) is 0.562. The third-order valence-corrected chi connectivity index (χ3v) is 3.95. The molecule has 1 aliphatic rings. The Morgan fingerprint density at radius 1 is 1.43 bits per heavy atom. The first kappa shape index (κ1) is 17.9. The van der Waals surface area contributed by atoms with Crippen LogP contribution in [-0.4, -0.2) is 29.9 Å². The van der Waals surface area contributed by atoms with Crippen molar-refractivity contribution in [3.8, 4) is 0 Å². The molecule has 1 aromatic rings. The number of hydrogen-bond acceptors (Lipinski definition) is 2. The van der Waals surface area contributed by atoms with Crippen LogP contribution in [0.1, 0.15) is 31.7 Å². The summed E-state index contributed by atoms with van der Waals surface area (Å²) >= 11 is 0. The normalized spacial score (nSPS) is 19.2. The highest BCUT2D eigenvalue weighted by atomic mass is 35.5. The zero-order chi connectivity index (χ0) is 14.5. The molecule has 2 rings (SSSR count). The van der Waals surface area contributed by atoms with Crippen molar-refractivity contribution in [1.82, 2.24) is 4.90 Å². The van der Waals surface area contributed by atoms with Crippen LogP contribution in [0.3, 0.4) is 0 Å². The molecule has 3 nitrogen and oxygen atoms in total. The SMILES string of the molecule is CCCC(N)C(=O)N1CCC(Cc2ccc(F)cc2)C1.Cl. The molecule has 0 aromatic heterocycles. The second kappa shape index (κ2) is 8.35. The van der Waals surface area contributed by atoms with Crippen LogP contribution in [0.25, 0.3) is 0 Å². The fourth-order valence-corrected chi connectivity index (χ4v) is 2.82. The highest BCUT2D eigenvalue weighted by molar-refractivity contribution is 5.85. The van der Waals surface area contributed by atoms with Crippen LogP contribution in [0.15, 0.2) is 24.3 Å². The van der Waals surface area contributed by atoms with E-state index in [-0.39, 0.29) is 30.2 Å². The Kier molecular flexibility index (Phi) is 7.12. The number of hydrogen-bond donors (Lipinski definition) is 1. The van der Waals surface area contributed by atoms with Crippen molar-refractivity contribution in [2.24, 2.45) is 11.7 Å². The number of nitrogens with zero attached hydrogens (tertiary/aromatic N) is 1. The Labute approximate surface area is 132 Å². The Hall–Kier alpha value is -1.13. The molecule has 21 heavy (non-hydrogen) atoms. The average Bonchev–Trinajstić information content (AvgIpc) is 2.89. The van der Waals surface area contributed by atoms with Crippen molar-refractivity contribution in [3.63, 3.8) is 0 Å². The maximum Gasteiger partial charge on any atom is 0.239 e. The van der Waals surface area contributed by atoms with E-state index < -0.39 is 0 Å². The number of rotatable bonds is 5. The topological polar surface area (TPSA) is 46.3 Å². The van der Waals surface area contributed by atoms with Gasteiger partial charge >= 0.3 is 0 Å². The predicted molar refractivity (Wildman–Crippen MR) is 84.9 cm³/mol. The molecular weight excluding hydrogens is 291 g/mol. The Balaban J connectivity index is 0.00000220. The maximum absolute atomic E-state index is 12.9. The van der Waals surface area contributed by atoms with Gasteiger partial charge in [-0.15, -0.1) is 12.4 Å². The van der Waals surface area contributed by atoms with Crippen molar-refractivity contribution < 1.29 is 9.18 Å². The molecule has 118 valence electrons. The van der Waals surface area contributed by atoms with Gasteiger partial charge in [-0.3, -0.25) is 4.79 Å². The van der Waals surface area contributed by atoms with Crippen molar-refractivity contribution in [2.75, 3.05) is 13.1 Å². The number of likely N-dealkylation sites (tertiary alicyclic amines) is 1. The summed E-state index contributed by atoms with van der Waals surface area (Å²) in [4.78, 5) is 14.0. The molecule has 1 saturated heterocycles. The lowest BCUT2D eigenvalue weighted by Crippen LogP contribution is -2.42. The molecule has 1 aliphatic heterocycles. The Morgan fingerprint density at radius 3 is 2.71 bits per heavy atom. The second-order valence-electron chi connectivity index (χ2n) is 5.66. The summed E-state index contributed by atoms with van der Waals surface area (Å²) in [5.41, 5.74) is 7.02. The van der Waals surface area contributed by atoms with Crippen LogP contribution >= 0.6 is 12.4 Å². The predicted octanol–water partition coefficient (Wildman–Crippen LogP) is 2.77. The molecule has 5 heteroatoms. The van der Waals surface area contributed by atoms with E-state index in [0.29, 0.717) is 5.92 Å². The quantitative estimate of drug-likeness (QED) is 0.908. The van der Waals surface area contributed by atoms with Crippen LogP contribution in [0.2, 0.25) is 0 Å². The van der Waals surface area contributed by atoms with Gasteiger partial charge in [0.05, 0.1) is 6.04 Å². The van der Waals surface area contributed by atoms with E-state index in [9.17, 15) is 9.18 Å². The number of carbonyl (C=O) groups excluding carboxylic acids is 1. The summed E-state index contributed by atoms with van der Waals surface area (Å²) < 4.78 is 12.9. The lowest BCUT2D eigenvalue weighted by molar-refractivity contribution is -0.131. The van der Waals surface area contributed by atoms with E-state index >= 15 is 0 Å². The molecule has 0 spiro atoms. The number of carbonyl (C=O) groups is 1. The Morgan fingerprint density at radius 2 is 2.10 bits per heavy atom. The largest absolute Gasteiger partial charge is 0.341 e. The molecular formula is C16H24ClFN2O. The summed E-state index contributed by atoms with van der Waals surface area (Å²) in [6.07, 6.45) is 3.58. The van der Waals surface area contributed by atoms with Gasteiger partial charge in [0.2, 0.25) is 5.91 Å². The van der Waals surface area contributed by atoms with Crippen molar-refractivity contribution in [3.05, 3.63) is 35.6 Å². The molecule has 0 saturated carbocycles. The summed E-state index contributed by atoms with van der Waals surface area (Å²) in [5, 5.41) is 0.